The highest BCUT2D eigenvalue weighted by Crippen LogP contribution is 2.22. The van der Waals surface area contributed by atoms with Gasteiger partial charge in [0.15, 0.2) is 11.5 Å². The van der Waals surface area contributed by atoms with Crippen LogP contribution in [-0.4, -0.2) is 52.9 Å². The fraction of sp³-hybridized carbons (Fsp3) is 0.500. The molecule has 28 heavy (non-hydrogen) atoms. The van der Waals surface area contributed by atoms with E-state index in [-0.39, 0.29) is 17.5 Å². The average molecular weight is 383 g/mol. The number of amides is 2. The van der Waals surface area contributed by atoms with E-state index in [9.17, 15) is 9.59 Å². The van der Waals surface area contributed by atoms with Gasteiger partial charge in [-0.05, 0) is 25.7 Å². The Labute approximate surface area is 166 Å². The highest BCUT2D eigenvalue weighted by atomic mass is 16.5. The molecule has 2 heterocycles. The van der Waals surface area contributed by atoms with Gasteiger partial charge in [-0.25, -0.2) is 0 Å². The molecule has 0 N–H and O–H groups in total. The van der Waals surface area contributed by atoms with Crippen LogP contribution < -0.4 is 0 Å². The number of rotatable bonds is 7. The SMILES string of the molecule is Cc1ccc(-c2cc(C(=O)N(CCC(=O)N3CCCC3)CC(C)C)no2)cc1. The molecule has 2 aromatic rings. The molecular weight excluding hydrogens is 354 g/mol. The lowest BCUT2D eigenvalue weighted by molar-refractivity contribution is -0.130. The van der Waals surface area contributed by atoms with Crippen LogP contribution in [0.1, 0.15) is 49.2 Å². The fourth-order valence-electron chi connectivity index (χ4n) is 3.46. The molecular formula is C22H29N3O3. The highest BCUT2D eigenvalue weighted by Gasteiger charge is 2.24. The molecule has 6 heteroatoms. The number of aryl methyl sites for hydroxylation is 1. The van der Waals surface area contributed by atoms with Gasteiger partial charge in [-0.2, -0.15) is 0 Å². The van der Waals surface area contributed by atoms with Crippen LogP contribution in [0.25, 0.3) is 11.3 Å². The lowest BCUT2D eigenvalue weighted by atomic mass is 10.1. The number of hydrogen-bond acceptors (Lipinski definition) is 4. The van der Waals surface area contributed by atoms with Gasteiger partial charge in [0.1, 0.15) is 0 Å². The molecule has 0 saturated carbocycles. The molecule has 1 fully saturated rings. The van der Waals surface area contributed by atoms with Crippen molar-refractivity contribution in [3.05, 3.63) is 41.6 Å². The van der Waals surface area contributed by atoms with Gasteiger partial charge in [0.05, 0.1) is 0 Å². The molecule has 0 atom stereocenters. The number of likely N-dealkylation sites (tertiary alicyclic amines) is 1. The predicted octanol–water partition coefficient (Wildman–Crippen LogP) is 3.76. The molecule has 0 bridgehead atoms. The number of benzene rings is 1. The Morgan fingerprint density at radius 3 is 2.50 bits per heavy atom. The molecule has 0 unspecified atom stereocenters. The number of carbonyl (C=O) groups is 2. The molecule has 1 aliphatic heterocycles. The van der Waals surface area contributed by atoms with Crippen LogP contribution in [0.15, 0.2) is 34.9 Å². The first-order valence-electron chi connectivity index (χ1n) is 10.0. The van der Waals surface area contributed by atoms with Crippen LogP contribution in [0.5, 0.6) is 0 Å². The monoisotopic (exact) mass is 383 g/mol. The largest absolute Gasteiger partial charge is 0.355 e. The van der Waals surface area contributed by atoms with Crippen LogP contribution in [0.2, 0.25) is 0 Å². The van der Waals surface area contributed by atoms with Gasteiger partial charge in [0.2, 0.25) is 5.91 Å². The minimum Gasteiger partial charge on any atom is -0.355 e. The summed E-state index contributed by atoms with van der Waals surface area (Å²) in [6.07, 6.45) is 2.49. The lowest BCUT2D eigenvalue weighted by Crippen LogP contribution is -2.38. The summed E-state index contributed by atoms with van der Waals surface area (Å²) in [5.41, 5.74) is 2.33. The van der Waals surface area contributed by atoms with E-state index in [1.807, 2.05) is 36.1 Å². The molecule has 1 aromatic heterocycles. The Morgan fingerprint density at radius 2 is 1.86 bits per heavy atom. The van der Waals surface area contributed by atoms with Crippen molar-refractivity contribution < 1.29 is 14.1 Å². The molecule has 3 rings (SSSR count). The van der Waals surface area contributed by atoms with Gasteiger partial charge >= 0.3 is 0 Å². The van der Waals surface area contributed by atoms with Crippen molar-refractivity contribution in [2.24, 2.45) is 5.92 Å². The van der Waals surface area contributed by atoms with Crippen LogP contribution >= 0.6 is 0 Å². The first-order valence-corrected chi connectivity index (χ1v) is 10.0. The maximum absolute atomic E-state index is 13.0. The van der Waals surface area contributed by atoms with Gasteiger partial charge in [0, 0.05) is 44.2 Å². The molecule has 150 valence electrons. The third-order valence-electron chi connectivity index (χ3n) is 4.99. The number of aromatic nitrogens is 1. The molecule has 6 nitrogen and oxygen atoms in total. The van der Waals surface area contributed by atoms with E-state index in [0.717, 1.165) is 37.1 Å². The zero-order chi connectivity index (χ0) is 20.1. The quantitative estimate of drug-likeness (QED) is 0.730. The van der Waals surface area contributed by atoms with E-state index >= 15 is 0 Å². The maximum atomic E-state index is 13.0. The van der Waals surface area contributed by atoms with Gasteiger partial charge in [-0.1, -0.05) is 48.8 Å². The van der Waals surface area contributed by atoms with Crippen molar-refractivity contribution in [3.63, 3.8) is 0 Å². The summed E-state index contributed by atoms with van der Waals surface area (Å²) in [4.78, 5) is 29.0. The Hall–Kier alpha value is -2.63. The molecule has 0 spiro atoms. The highest BCUT2D eigenvalue weighted by molar-refractivity contribution is 5.93. The van der Waals surface area contributed by atoms with Crippen molar-refractivity contribution in [1.29, 1.82) is 0 Å². The second-order valence-corrected chi connectivity index (χ2v) is 7.93. The third kappa shape index (κ3) is 5.00. The van der Waals surface area contributed by atoms with E-state index in [4.69, 9.17) is 4.52 Å². The van der Waals surface area contributed by atoms with E-state index in [1.54, 1.807) is 11.0 Å². The van der Waals surface area contributed by atoms with E-state index in [1.165, 1.54) is 0 Å². The van der Waals surface area contributed by atoms with Crippen LogP contribution in [0.4, 0.5) is 0 Å². The zero-order valence-electron chi connectivity index (χ0n) is 17.0. The Morgan fingerprint density at radius 1 is 1.18 bits per heavy atom. The average Bonchev–Trinajstić information content (AvgIpc) is 3.36. The van der Waals surface area contributed by atoms with Gasteiger partial charge < -0.3 is 14.3 Å². The van der Waals surface area contributed by atoms with Gasteiger partial charge in [-0.3, -0.25) is 9.59 Å². The number of carbonyl (C=O) groups excluding carboxylic acids is 2. The minimum absolute atomic E-state index is 0.125. The molecule has 2 amide bonds. The summed E-state index contributed by atoms with van der Waals surface area (Å²) in [7, 11) is 0. The Bertz CT molecular complexity index is 805. The smallest absolute Gasteiger partial charge is 0.276 e. The summed E-state index contributed by atoms with van der Waals surface area (Å²) in [5.74, 6) is 0.805. The van der Waals surface area contributed by atoms with Crippen LogP contribution in [-0.2, 0) is 4.79 Å². The zero-order valence-corrected chi connectivity index (χ0v) is 17.0. The summed E-state index contributed by atoms with van der Waals surface area (Å²) in [6, 6.07) is 9.57. The van der Waals surface area contributed by atoms with E-state index < -0.39 is 0 Å². The third-order valence-corrected chi connectivity index (χ3v) is 4.99. The summed E-state index contributed by atoms with van der Waals surface area (Å²) >= 11 is 0. The van der Waals surface area contributed by atoms with Crippen LogP contribution in [0.3, 0.4) is 0 Å². The first-order chi connectivity index (χ1) is 13.4. The fourth-order valence-corrected chi connectivity index (χ4v) is 3.46. The second kappa shape index (κ2) is 9.04. The normalized spacial score (nSPS) is 13.9. The van der Waals surface area contributed by atoms with Gasteiger partial charge in [-0.15, -0.1) is 0 Å². The lowest BCUT2D eigenvalue weighted by Gasteiger charge is -2.24. The van der Waals surface area contributed by atoms with E-state index in [0.29, 0.717) is 31.2 Å². The first kappa shape index (κ1) is 20.1. The number of hydrogen-bond donors (Lipinski definition) is 0. The molecule has 1 aliphatic rings. The predicted molar refractivity (Wildman–Crippen MR) is 108 cm³/mol. The van der Waals surface area contributed by atoms with Crippen LogP contribution in [0, 0.1) is 12.8 Å². The van der Waals surface area contributed by atoms with Crippen molar-refractivity contribution in [2.75, 3.05) is 26.2 Å². The standard InChI is InChI=1S/C22H29N3O3/c1-16(2)15-25(13-10-21(26)24-11-4-5-12-24)22(27)19-14-20(28-23-19)18-8-6-17(3)7-9-18/h6-9,14,16H,4-5,10-13,15H2,1-3H3. The summed E-state index contributed by atoms with van der Waals surface area (Å²) in [5, 5.41) is 3.99. The molecule has 1 aromatic carbocycles. The molecule has 1 saturated heterocycles. The Balaban J connectivity index is 1.68. The van der Waals surface area contributed by atoms with E-state index in [2.05, 4.69) is 19.0 Å². The molecule has 0 aliphatic carbocycles. The maximum Gasteiger partial charge on any atom is 0.276 e. The van der Waals surface area contributed by atoms with Crippen molar-refractivity contribution in [1.82, 2.24) is 15.0 Å². The summed E-state index contributed by atoms with van der Waals surface area (Å²) in [6.45, 7) is 8.79. The summed E-state index contributed by atoms with van der Waals surface area (Å²) < 4.78 is 5.40. The second-order valence-electron chi connectivity index (χ2n) is 7.93. The molecule has 0 radical (unpaired) electrons. The minimum atomic E-state index is -0.190. The Kier molecular flexibility index (Phi) is 6.49. The topological polar surface area (TPSA) is 66.7 Å². The van der Waals surface area contributed by atoms with Crippen molar-refractivity contribution >= 4 is 11.8 Å². The number of nitrogens with zero attached hydrogens (tertiary/aromatic N) is 3. The van der Waals surface area contributed by atoms with Crippen molar-refractivity contribution in [2.45, 2.75) is 40.0 Å². The van der Waals surface area contributed by atoms with Gasteiger partial charge in [0.25, 0.3) is 5.91 Å². The van der Waals surface area contributed by atoms with Crippen molar-refractivity contribution in [3.8, 4) is 11.3 Å².